The van der Waals surface area contributed by atoms with Crippen molar-refractivity contribution < 1.29 is 23.0 Å². The molecule has 38 heavy (non-hydrogen) atoms. The number of ether oxygens (including phenoxy) is 1. The zero-order valence-corrected chi connectivity index (χ0v) is 22.2. The van der Waals surface area contributed by atoms with Crippen LogP contribution in [-0.4, -0.2) is 78.9 Å². The predicted molar refractivity (Wildman–Crippen MR) is 144 cm³/mol. The summed E-state index contributed by atoms with van der Waals surface area (Å²) in [6.07, 6.45) is -3.14. The molecule has 0 bridgehead atoms. The number of halogens is 3. The maximum Gasteiger partial charge on any atom is 0.389 e. The van der Waals surface area contributed by atoms with Crippen LogP contribution in [0.4, 0.5) is 30.5 Å². The highest BCUT2D eigenvalue weighted by atomic mass is 19.4. The van der Waals surface area contributed by atoms with Gasteiger partial charge in [-0.2, -0.15) is 13.2 Å². The molecule has 2 aromatic rings. The van der Waals surface area contributed by atoms with Crippen molar-refractivity contribution in [3.05, 3.63) is 35.9 Å². The van der Waals surface area contributed by atoms with E-state index < -0.39 is 12.6 Å². The zero-order valence-electron chi connectivity index (χ0n) is 22.2. The average Bonchev–Trinajstić information content (AvgIpc) is 3.28. The number of morpholine rings is 1. The van der Waals surface area contributed by atoms with Crippen LogP contribution in [-0.2, 0) is 4.74 Å². The Morgan fingerprint density at radius 3 is 2.61 bits per heavy atom. The van der Waals surface area contributed by atoms with Gasteiger partial charge in [-0.3, -0.25) is 4.90 Å². The Morgan fingerprint density at radius 2 is 1.89 bits per heavy atom. The number of aliphatic hydroxyl groups is 1. The lowest BCUT2D eigenvalue weighted by Crippen LogP contribution is -2.50. The summed E-state index contributed by atoms with van der Waals surface area (Å²) in [4.78, 5) is 9.21. The fourth-order valence-corrected chi connectivity index (χ4v) is 5.88. The third kappa shape index (κ3) is 6.71. The smallest absolute Gasteiger partial charge is 0.389 e. The van der Waals surface area contributed by atoms with E-state index >= 15 is 0 Å². The maximum atomic E-state index is 12.8. The van der Waals surface area contributed by atoms with Crippen LogP contribution in [0.1, 0.15) is 38.2 Å². The van der Waals surface area contributed by atoms with E-state index in [0.29, 0.717) is 52.2 Å². The molecule has 0 amide bonds. The number of rotatable bonds is 8. The van der Waals surface area contributed by atoms with E-state index in [-0.39, 0.29) is 17.6 Å². The number of aryl methyl sites for hydroxylation is 1. The number of hydrogen-bond acceptors (Lipinski definition) is 7. The molecule has 3 N–H and O–H groups in total. The molecule has 1 aromatic carbocycles. The number of pyridine rings is 1. The topological polar surface area (TPSA) is 72.9 Å². The summed E-state index contributed by atoms with van der Waals surface area (Å²) >= 11 is 0. The highest BCUT2D eigenvalue weighted by Gasteiger charge is 2.39. The molecule has 5 rings (SSSR count). The molecular weight excluding hydrogens is 495 g/mol. The molecule has 0 radical (unpaired) electrons. The molecule has 2 aliphatic heterocycles. The van der Waals surface area contributed by atoms with Crippen LogP contribution >= 0.6 is 0 Å². The monoisotopic (exact) mass is 533 g/mol. The minimum atomic E-state index is -4.10. The molecule has 3 fully saturated rings. The highest BCUT2D eigenvalue weighted by Crippen LogP contribution is 2.37. The van der Waals surface area contributed by atoms with E-state index in [0.717, 1.165) is 47.1 Å². The Bertz CT molecular complexity index is 1120. The van der Waals surface area contributed by atoms with Crippen molar-refractivity contribution >= 4 is 17.3 Å². The molecule has 2 saturated heterocycles. The van der Waals surface area contributed by atoms with Crippen LogP contribution < -0.4 is 15.5 Å². The van der Waals surface area contributed by atoms with E-state index in [9.17, 15) is 18.3 Å². The second-order valence-corrected chi connectivity index (χ2v) is 11.4. The summed E-state index contributed by atoms with van der Waals surface area (Å²) in [7, 11) is 0. The van der Waals surface area contributed by atoms with Crippen molar-refractivity contribution in [2.45, 2.75) is 57.3 Å². The highest BCUT2D eigenvalue weighted by molar-refractivity contribution is 5.76. The van der Waals surface area contributed by atoms with Crippen LogP contribution in [0.25, 0.3) is 11.1 Å². The summed E-state index contributed by atoms with van der Waals surface area (Å²) in [5.74, 6) is 1.34. The molecule has 1 atom stereocenters. The number of anilines is 3. The number of nitrogens with one attached hydrogen (secondary N) is 2. The van der Waals surface area contributed by atoms with Crippen molar-refractivity contribution in [1.29, 1.82) is 0 Å². The first kappa shape index (κ1) is 27.0. The van der Waals surface area contributed by atoms with Crippen molar-refractivity contribution in [1.82, 2.24) is 9.88 Å². The van der Waals surface area contributed by atoms with Gasteiger partial charge in [0.05, 0.1) is 26.0 Å². The van der Waals surface area contributed by atoms with E-state index in [1.807, 2.05) is 6.07 Å². The van der Waals surface area contributed by atoms with Crippen LogP contribution in [0.2, 0.25) is 0 Å². The largest absolute Gasteiger partial charge is 0.393 e. The van der Waals surface area contributed by atoms with Gasteiger partial charge in [0.25, 0.3) is 0 Å². The van der Waals surface area contributed by atoms with Gasteiger partial charge in [-0.05, 0) is 80.0 Å². The van der Waals surface area contributed by atoms with Gasteiger partial charge >= 0.3 is 6.18 Å². The summed E-state index contributed by atoms with van der Waals surface area (Å²) in [6, 6.07) is 10.4. The quantitative estimate of drug-likeness (QED) is 0.448. The number of nitrogens with zero attached hydrogens (tertiary/aromatic N) is 3. The minimum absolute atomic E-state index is 0.189. The molecule has 7 nitrogen and oxygen atoms in total. The second-order valence-electron chi connectivity index (χ2n) is 11.4. The Balaban J connectivity index is 1.34. The van der Waals surface area contributed by atoms with Gasteiger partial charge in [-0.15, -0.1) is 0 Å². The van der Waals surface area contributed by atoms with Gasteiger partial charge in [0.2, 0.25) is 0 Å². The van der Waals surface area contributed by atoms with Crippen LogP contribution in [0.3, 0.4) is 0 Å². The molecule has 1 aliphatic carbocycles. The van der Waals surface area contributed by atoms with Gasteiger partial charge in [0, 0.05) is 43.8 Å². The lowest BCUT2D eigenvalue weighted by molar-refractivity contribution is -0.143. The number of benzene rings is 1. The zero-order chi connectivity index (χ0) is 26.9. The molecule has 10 heteroatoms. The summed E-state index contributed by atoms with van der Waals surface area (Å²) < 4.78 is 43.9. The molecule has 0 unspecified atom stereocenters. The predicted octanol–water partition coefficient (Wildman–Crippen LogP) is 4.86. The summed E-state index contributed by atoms with van der Waals surface area (Å²) in [5.41, 5.74) is 3.98. The third-order valence-electron chi connectivity index (χ3n) is 7.89. The molecule has 208 valence electrons. The van der Waals surface area contributed by atoms with Gasteiger partial charge in [-0.25, -0.2) is 4.98 Å². The second kappa shape index (κ2) is 10.9. The van der Waals surface area contributed by atoms with Gasteiger partial charge in [-0.1, -0.05) is 6.07 Å². The maximum absolute atomic E-state index is 12.8. The van der Waals surface area contributed by atoms with Gasteiger partial charge in [0.15, 0.2) is 0 Å². The standard InChI is InChI=1S/C28H38F3N5O2/c1-19-3-4-22(32-18-35-6-5-20(17-35)14-28(29,30)31)13-24(19)21-11-25(34-27(2)15-23(37)16-27)33-26(12-21)36-7-9-38-10-8-36/h3-4,11-13,20,23,32,37H,5-10,14-18H2,1-2H3,(H,33,34)/t20-,23?,27?/m0/s1. The van der Waals surface area contributed by atoms with E-state index in [4.69, 9.17) is 9.72 Å². The fraction of sp³-hybridized carbons (Fsp3) is 0.607. The number of aliphatic hydroxyl groups excluding tert-OH is 1. The van der Waals surface area contributed by atoms with Gasteiger partial charge in [0.1, 0.15) is 11.6 Å². The number of likely N-dealkylation sites (tertiary alicyclic amines) is 1. The Morgan fingerprint density at radius 1 is 1.13 bits per heavy atom. The van der Waals surface area contributed by atoms with Crippen molar-refractivity contribution in [3.8, 4) is 11.1 Å². The van der Waals surface area contributed by atoms with E-state index in [1.54, 1.807) is 0 Å². The normalized spacial score (nSPS) is 26.3. The Hall–Kier alpha value is -2.56. The first-order valence-electron chi connectivity index (χ1n) is 13.5. The van der Waals surface area contributed by atoms with Crippen molar-refractivity contribution in [3.63, 3.8) is 0 Å². The van der Waals surface area contributed by atoms with E-state index in [2.05, 4.69) is 58.5 Å². The first-order valence-corrected chi connectivity index (χ1v) is 13.5. The Kier molecular flexibility index (Phi) is 7.75. The van der Waals surface area contributed by atoms with Crippen molar-refractivity contribution in [2.24, 2.45) is 5.92 Å². The number of hydrogen-bond donors (Lipinski definition) is 3. The van der Waals surface area contributed by atoms with Crippen molar-refractivity contribution in [2.75, 3.05) is 61.6 Å². The summed E-state index contributed by atoms with van der Waals surface area (Å²) in [6.45, 7) is 8.70. The third-order valence-corrected chi connectivity index (χ3v) is 7.89. The summed E-state index contributed by atoms with van der Waals surface area (Å²) in [5, 5.41) is 16.8. The van der Waals surface area contributed by atoms with Crippen LogP contribution in [0.15, 0.2) is 30.3 Å². The number of aromatic nitrogens is 1. The Labute approximate surface area is 222 Å². The first-order chi connectivity index (χ1) is 18.1. The molecular formula is C28H38F3N5O2. The average molecular weight is 534 g/mol. The van der Waals surface area contributed by atoms with E-state index in [1.165, 1.54) is 0 Å². The van der Waals surface area contributed by atoms with Crippen LogP contribution in [0, 0.1) is 12.8 Å². The lowest BCUT2D eigenvalue weighted by Gasteiger charge is -2.43. The van der Waals surface area contributed by atoms with Crippen LogP contribution in [0.5, 0.6) is 0 Å². The molecule has 3 heterocycles. The molecule has 3 aliphatic rings. The van der Waals surface area contributed by atoms with Gasteiger partial charge < -0.3 is 25.4 Å². The molecule has 1 saturated carbocycles. The minimum Gasteiger partial charge on any atom is -0.393 e. The number of alkyl halides is 3. The lowest BCUT2D eigenvalue weighted by atomic mass is 9.76. The molecule has 1 aromatic heterocycles. The molecule has 0 spiro atoms. The fourth-order valence-electron chi connectivity index (χ4n) is 5.88. The SMILES string of the molecule is Cc1ccc(NCN2CC[C@@H](CC(F)(F)F)C2)cc1-c1cc(NC2(C)CC(O)C2)nc(N2CCOCC2)c1.